The Hall–Kier alpha value is -2.70. The maximum atomic E-state index is 10.6. The van der Waals surface area contributed by atoms with Crippen molar-refractivity contribution >= 4 is 35.3 Å². The SMILES string of the molecule is O=C(O)C(F)(F)F.O=C(O)C(F)(F)F.O=C(O)Nc1ccc(Cl)cc1. The molecule has 0 fully saturated rings. The summed E-state index contributed by atoms with van der Waals surface area (Å²) >= 11 is 5.57. The molecule has 1 rings (SSSR count). The number of halogens is 7. The van der Waals surface area contributed by atoms with Gasteiger partial charge >= 0.3 is 30.4 Å². The highest BCUT2D eigenvalue weighted by atomic mass is 35.5. The minimum atomic E-state index is -5.08. The number of aliphatic carboxylic acids is 2. The third-order valence-electron chi connectivity index (χ3n) is 1.58. The molecule has 0 radical (unpaired) electrons. The molecule has 0 unspecified atom stereocenters. The molecule has 0 aliphatic rings. The molecule has 0 saturated carbocycles. The molecule has 0 aromatic heterocycles. The van der Waals surface area contributed by atoms with Crippen LogP contribution in [0.5, 0.6) is 0 Å². The molecule has 0 aliphatic heterocycles. The van der Waals surface area contributed by atoms with Gasteiger partial charge in [0, 0.05) is 10.7 Å². The number of alkyl halides is 6. The van der Waals surface area contributed by atoms with Gasteiger partial charge in [0.2, 0.25) is 0 Å². The van der Waals surface area contributed by atoms with Gasteiger partial charge in [-0.2, -0.15) is 26.3 Å². The Morgan fingerprint density at radius 2 is 1.08 bits per heavy atom. The van der Waals surface area contributed by atoms with Gasteiger partial charge in [0.05, 0.1) is 0 Å². The van der Waals surface area contributed by atoms with Gasteiger partial charge in [0.25, 0.3) is 0 Å². The second-order valence-corrected chi connectivity index (χ2v) is 3.98. The van der Waals surface area contributed by atoms with E-state index in [-0.39, 0.29) is 0 Å². The molecule has 1 amide bonds. The molecule has 0 heterocycles. The smallest absolute Gasteiger partial charge is 0.475 e. The van der Waals surface area contributed by atoms with Crippen LogP contribution >= 0.6 is 11.6 Å². The lowest BCUT2D eigenvalue weighted by molar-refractivity contribution is -0.193. The molecule has 4 N–H and O–H groups in total. The number of rotatable bonds is 1. The van der Waals surface area contributed by atoms with E-state index in [4.69, 9.17) is 36.5 Å². The van der Waals surface area contributed by atoms with Gasteiger partial charge < -0.3 is 15.3 Å². The second-order valence-electron chi connectivity index (χ2n) is 3.54. The van der Waals surface area contributed by atoms with Crippen molar-refractivity contribution in [2.45, 2.75) is 12.4 Å². The number of hydrogen-bond acceptors (Lipinski definition) is 3. The van der Waals surface area contributed by atoms with Crippen LogP contribution < -0.4 is 5.32 Å². The van der Waals surface area contributed by atoms with Crippen LogP contribution in [0.1, 0.15) is 0 Å². The van der Waals surface area contributed by atoms with Crippen LogP contribution in [0.2, 0.25) is 5.02 Å². The fourth-order valence-electron chi connectivity index (χ4n) is 0.657. The van der Waals surface area contributed by atoms with Crippen LogP contribution in [0.25, 0.3) is 0 Å². The van der Waals surface area contributed by atoms with E-state index in [1.807, 2.05) is 0 Å². The Bertz CT molecular complexity index is 562. The largest absolute Gasteiger partial charge is 0.490 e. The second kappa shape index (κ2) is 10.2. The number of carboxylic acid groups (broad SMARTS) is 3. The van der Waals surface area contributed by atoms with Crippen molar-refractivity contribution in [2.75, 3.05) is 5.32 Å². The van der Waals surface area contributed by atoms with Crippen LogP contribution in [0.15, 0.2) is 24.3 Å². The molecule has 0 saturated heterocycles. The molecule has 0 aliphatic carbocycles. The Balaban J connectivity index is 0. The number of carbonyl (C=O) groups is 3. The van der Waals surface area contributed by atoms with Crippen LogP contribution in [-0.2, 0) is 9.59 Å². The highest BCUT2D eigenvalue weighted by molar-refractivity contribution is 6.30. The van der Waals surface area contributed by atoms with Crippen molar-refractivity contribution in [3.05, 3.63) is 29.3 Å². The Kier molecular flexibility index (Phi) is 10.0. The summed E-state index contributed by atoms with van der Waals surface area (Å²) in [5, 5.41) is 25.3. The summed E-state index contributed by atoms with van der Waals surface area (Å²) in [7, 11) is 0. The van der Waals surface area contributed by atoms with Crippen LogP contribution in [0.3, 0.4) is 0 Å². The summed E-state index contributed by atoms with van der Waals surface area (Å²) in [4.78, 5) is 27.9. The highest BCUT2D eigenvalue weighted by Crippen LogP contribution is 2.14. The van der Waals surface area contributed by atoms with E-state index < -0.39 is 30.4 Å². The lowest BCUT2D eigenvalue weighted by Gasteiger charge is -1.98. The first kappa shape index (κ1) is 24.6. The number of amides is 1. The van der Waals surface area contributed by atoms with Gasteiger partial charge in [-0.05, 0) is 24.3 Å². The molecule has 25 heavy (non-hydrogen) atoms. The van der Waals surface area contributed by atoms with Gasteiger partial charge in [-0.3, -0.25) is 5.32 Å². The van der Waals surface area contributed by atoms with Crippen molar-refractivity contribution < 1.29 is 56.0 Å². The Morgan fingerprint density at radius 3 is 1.28 bits per heavy atom. The van der Waals surface area contributed by atoms with Crippen molar-refractivity contribution in [1.82, 2.24) is 0 Å². The van der Waals surface area contributed by atoms with Crippen molar-refractivity contribution in [1.29, 1.82) is 0 Å². The molecule has 0 atom stereocenters. The average Bonchev–Trinajstić information content (AvgIpc) is 2.40. The predicted molar refractivity (Wildman–Crippen MR) is 70.5 cm³/mol. The summed E-state index contributed by atoms with van der Waals surface area (Å²) in [5.41, 5.74) is 0.516. The van der Waals surface area contributed by atoms with Gasteiger partial charge in [-0.25, -0.2) is 14.4 Å². The summed E-state index contributed by atoms with van der Waals surface area (Å²) in [6, 6.07) is 6.42. The van der Waals surface area contributed by atoms with E-state index in [1.165, 1.54) is 0 Å². The molecule has 7 nitrogen and oxygen atoms in total. The molecule has 0 spiro atoms. The lowest BCUT2D eigenvalue weighted by atomic mass is 10.3. The van der Waals surface area contributed by atoms with E-state index in [1.54, 1.807) is 24.3 Å². The monoisotopic (exact) mass is 399 g/mol. The minimum absolute atomic E-state index is 0.516. The van der Waals surface area contributed by atoms with Crippen LogP contribution in [0.4, 0.5) is 36.8 Å². The third kappa shape index (κ3) is 14.6. The number of anilines is 1. The fraction of sp³-hybridized carbons (Fsp3) is 0.182. The highest BCUT2D eigenvalue weighted by Gasteiger charge is 2.38. The Labute approximate surface area is 139 Å². The quantitative estimate of drug-likeness (QED) is 0.534. The topological polar surface area (TPSA) is 124 Å². The van der Waals surface area contributed by atoms with Crippen LogP contribution in [0, 0.1) is 0 Å². The molecule has 142 valence electrons. The van der Waals surface area contributed by atoms with Crippen LogP contribution in [-0.4, -0.2) is 45.7 Å². The first-order valence-corrected chi connectivity index (χ1v) is 5.81. The summed E-state index contributed by atoms with van der Waals surface area (Å²) in [5.74, 6) is -5.51. The molecule has 1 aromatic rings. The van der Waals surface area contributed by atoms with E-state index in [9.17, 15) is 31.1 Å². The summed E-state index contributed by atoms with van der Waals surface area (Å²) in [6.45, 7) is 0. The van der Waals surface area contributed by atoms with E-state index in [2.05, 4.69) is 5.32 Å². The molecular weight excluding hydrogens is 392 g/mol. The standard InChI is InChI=1S/C7H6ClNO2.2C2HF3O2/c8-5-1-3-6(4-2-5)9-7(10)11;2*3-2(4,5)1(6)7/h1-4,9H,(H,10,11);2*(H,6,7). The zero-order valence-electron chi connectivity index (χ0n) is 11.5. The third-order valence-corrected chi connectivity index (χ3v) is 1.83. The predicted octanol–water partition coefficient (Wildman–Crippen LogP) is 3.70. The summed E-state index contributed by atoms with van der Waals surface area (Å²) < 4.78 is 63.5. The number of hydrogen-bond donors (Lipinski definition) is 4. The van der Waals surface area contributed by atoms with Gasteiger partial charge in [0.1, 0.15) is 0 Å². The van der Waals surface area contributed by atoms with E-state index in [0.29, 0.717) is 10.7 Å². The molecule has 1 aromatic carbocycles. The van der Waals surface area contributed by atoms with Gasteiger partial charge in [-0.15, -0.1) is 0 Å². The van der Waals surface area contributed by atoms with Crippen molar-refractivity contribution in [2.24, 2.45) is 0 Å². The fourth-order valence-corrected chi connectivity index (χ4v) is 0.783. The summed E-state index contributed by atoms with van der Waals surface area (Å²) in [6.07, 6.45) is -11.2. The van der Waals surface area contributed by atoms with Gasteiger partial charge in [0.15, 0.2) is 0 Å². The average molecular weight is 400 g/mol. The number of benzene rings is 1. The van der Waals surface area contributed by atoms with Crippen molar-refractivity contribution in [3.8, 4) is 0 Å². The number of nitrogens with one attached hydrogen (secondary N) is 1. The zero-order valence-corrected chi connectivity index (χ0v) is 12.3. The van der Waals surface area contributed by atoms with E-state index >= 15 is 0 Å². The van der Waals surface area contributed by atoms with Gasteiger partial charge in [-0.1, -0.05) is 11.6 Å². The maximum absolute atomic E-state index is 10.6. The molecule has 14 heteroatoms. The maximum Gasteiger partial charge on any atom is 0.490 e. The lowest BCUT2D eigenvalue weighted by Crippen LogP contribution is -2.21. The normalized spacial score (nSPS) is 10.4. The number of carboxylic acids is 2. The molecular formula is C11H8ClF6NO6. The first-order valence-electron chi connectivity index (χ1n) is 5.43. The molecule has 0 bridgehead atoms. The minimum Gasteiger partial charge on any atom is -0.475 e. The van der Waals surface area contributed by atoms with E-state index in [0.717, 1.165) is 0 Å². The first-order chi connectivity index (χ1) is 11.1. The zero-order chi connectivity index (χ0) is 20.4. The Morgan fingerprint density at radius 1 is 0.800 bits per heavy atom. The van der Waals surface area contributed by atoms with Crippen molar-refractivity contribution in [3.63, 3.8) is 0 Å².